The predicted octanol–water partition coefficient (Wildman–Crippen LogP) is 5.06. The molecule has 2 aliphatic carbocycles. The number of hydrogen-bond acceptors (Lipinski definition) is 3. The van der Waals surface area contributed by atoms with Gasteiger partial charge in [-0.3, -0.25) is 4.79 Å². The summed E-state index contributed by atoms with van der Waals surface area (Å²) in [4.78, 5) is 11.1. The van der Waals surface area contributed by atoms with Crippen LogP contribution in [0.1, 0.15) is 73.7 Å². The van der Waals surface area contributed by atoms with Gasteiger partial charge >= 0.3 is 5.97 Å². The molecule has 0 aliphatic heterocycles. The first-order valence-corrected chi connectivity index (χ1v) is 10.2. The molecule has 1 saturated carbocycles. The van der Waals surface area contributed by atoms with Crippen LogP contribution in [0.15, 0.2) is 30.4 Å². The highest BCUT2D eigenvalue weighted by molar-refractivity contribution is 6.21. The molecule has 1 N–H and O–H groups in total. The van der Waals surface area contributed by atoms with Gasteiger partial charge in [-0.15, -0.1) is 11.6 Å². The van der Waals surface area contributed by atoms with Crippen LogP contribution < -0.4 is 0 Å². The first kappa shape index (κ1) is 19.4. The second kappa shape index (κ2) is 9.05. The number of allylic oxidation sites excluding steroid dienone is 2. The Hall–Kier alpha value is -1.32. The van der Waals surface area contributed by atoms with Crippen molar-refractivity contribution in [2.24, 2.45) is 5.92 Å². The number of fused-ring (bicyclic) bond motifs is 1. The van der Waals surface area contributed by atoms with E-state index in [0.717, 1.165) is 50.5 Å². The number of aliphatic hydroxyl groups excluding tert-OH is 1. The Balaban J connectivity index is 1.57. The van der Waals surface area contributed by atoms with Crippen molar-refractivity contribution in [1.82, 2.24) is 0 Å². The molecule has 4 heteroatoms. The van der Waals surface area contributed by atoms with Crippen molar-refractivity contribution in [1.29, 1.82) is 0 Å². The van der Waals surface area contributed by atoms with Crippen molar-refractivity contribution in [3.63, 3.8) is 0 Å². The molecule has 1 aromatic rings. The summed E-state index contributed by atoms with van der Waals surface area (Å²) in [5, 5.41) is 10.2. The van der Waals surface area contributed by atoms with Gasteiger partial charge in [0.15, 0.2) is 0 Å². The number of halogens is 1. The molecule has 0 aromatic heterocycles. The second-order valence-corrected chi connectivity index (χ2v) is 8.11. The predicted molar refractivity (Wildman–Crippen MR) is 104 cm³/mol. The molecular weight excluding hydrogens is 348 g/mol. The minimum absolute atomic E-state index is 0.142. The van der Waals surface area contributed by atoms with Gasteiger partial charge in [0.25, 0.3) is 0 Å². The molecule has 0 bridgehead atoms. The maximum atomic E-state index is 11.1. The molecule has 3 rings (SSSR count). The summed E-state index contributed by atoms with van der Waals surface area (Å²) in [5.41, 5.74) is 3.80. The zero-order valence-corrected chi connectivity index (χ0v) is 16.3. The van der Waals surface area contributed by atoms with Crippen molar-refractivity contribution in [3.05, 3.63) is 47.0 Å². The van der Waals surface area contributed by atoms with E-state index in [1.54, 1.807) is 0 Å². The number of carbonyl (C=O) groups excluding carboxylic acids is 1. The number of aliphatic hydroxyl groups is 1. The van der Waals surface area contributed by atoms with Gasteiger partial charge in [-0.05, 0) is 73.5 Å². The Bertz CT molecular complexity index is 655. The molecule has 3 nitrogen and oxygen atoms in total. The number of alkyl halides is 1. The molecule has 2 aliphatic rings. The number of rotatable bonds is 7. The number of unbranched alkanes of at least 4 members (excludes halogenated alkanes) is 1. The molecule has 142 valence electrons. The van der Waals surface area contributed by atoms with Crippen molar-refractivity contribution < 1.29 is 14.6 Å². The third-order valence-electron chi connectivity index (χ3n) is 5.93. The number of methoxy groups -OCH3 is 1. The minimum Gasteiger partial charge on any atom is -0.469 e. The summed E-state index contributed by atoms with van der Waals surface area (Å²) in [5.74, 6) is 0.815. The van der Waals surface area contributed by atoms with Crippen LogP contribution in [0.2, 0.25) is 0 Å². The first-order chi connectivity index (χ1) is 12.6. The topological polar surface area (TPSA) is 46.5 Å². The summed E-state index contributed by atoms with van der Waals surface area (Å²) in [6.45, 7) is 0. The molecule has 0 heterocycles. The summed E-state index contributed by atoms with van der Waals surface area (Å²) in [7, 11) is 1.43. The number of hydrogen-bond donors (Lipinski definition) is 1. The van der Waals surface area contributed by atoms with E-state index in [2.05, 4.69) is 35.1 Å². The number of ether oxygens (including phenoxy) is 1. The Morgan fingerprint density at radius 2 is 2.15 bits per heavy atom. The van der Waals surface area contributed by atoms with Crippen molar-refractivity contribution in [3.8, 4) is 0 Å². The molecule has 0 spiro atoms. The van der Waals surface area contributed by atoms with Crippen molar-refractivity contribution in [2.45, 2.75) is 68.8 Å². The quantitative estimate of drug-likeness (QED) is 0.313. The Labute approximate surface area is 161 Å². The Morgan fingerprint density at radius 1 is 1.31 bits per heavy atom. The number of benzene rings is 1. The second-order valence-electron chi connectivity index (χ2n) is 7.55. The van der Waals surface area contributed by atoms with Gasteiger partial charge < -0.3 is 9.84 Å². The summed E-state index contributed by atoms with van der Waals surface area (Å²) >= 11 is 6.63. The van der Waals surface area contributed by atoms with E-state index in [-0.39, 0.29) is 17.5 Å². The fourth-order valence-corrected chi connectivity index (χ4v) is 4.83. The lowest BCUT2D eigenvalue weighted by molar-refractivity contribution is -0.140. The molecular formula is C22H29ClO3. The van der Waals surface area contributed by atoms with Crippen LogP contribution in [0.4, 0.5) is 0 Å². The van der Waals surface area contributed by atoms with E-state index in [9.17, 15) is 9.90 Å². The summed E-state index contributed by atoms with van der Waals surface area (Å²) in [6, 6.07) is 6.61. The number of esters is 1. The monoisotopic (exact) mass is 376 g/mol. The zero-order valence-electron chi connectivity index (χ0n) is 15.5. The highest BCUT2D eigenvalue weighted by Gasteiger charge is 2.35. The standard InChI is InChI=1S/C22H29ClO3/c1-26-22(25)7-5-3-2-4-6-19-17(11-12-20(19)23)15-8-10-18-16(14-15)9-13-21(18)24/h2,4,8,10,14,17,19-21,24H,3,5-7,9,11-13H2,1H3/b4-2-/t17-,19-,20-,21?/m1/s1. The molecule has 1 fully saturated rings. The third-order valence-corrected chi connectivity index (χ3v) is 6.47. The average molecular weight is 377 g/mol. The highest BCUT2D eigenvalue weighted by atomic mass is 35.5. The third kappa shape index (κ3) is 4.50. The van der Waals surface area contributed by atoms with Crippen molar-refractivity contribution in [2.75, 3.05) is 7.11 Å². The van der Waals surface area contributed by atoms with Crippen LogP contribution >= 0.6 is 11.6 Å². The van der Waals surface area contributed by atoms with Crippen LogP contribution in [0.25, 0.3) is 0 Å². The lowest BCUT2D eigenvalue weighted by Crippen LogP contribution is -2.13. The number of aryl methyl sites for hydroxylation is 1. The van der Waals surface area contributed by atoms with Crippen molar-refractivity contribution >= 4 is 17.6 Å². The normalized spacial score (nSPS) is 27.8. The van der Waals surface area contributed by atoms with Crippen LogP contribution in [0, 0.1) is 5.92 Å². The smallest absolute Gasteiger partial charge is 0.305 e. The molecule has 1 aromatic carbocycles. The van der Waals surface area contributed by atoms with Gasteiger partial charge in [-0.2, -0.15) is 0 Å². The lowest BCUT2D eigenvalue weighted by Gasteiger charge is -2.22. The van der Waals surface area contributed by atoms with Gasteiger partial charge in [0.05, 0.1) is 13.2 Å². The van der Waals surface area contributed by atoms with Crippen LogP contribution in [-0.2, 0) is 16.0 Å². The maximum Gasteiger partial charge on any atom is 0.305 e. The van der Waals surface area contributed by atoms with E-state index in [0.29, 0.717) is 18.3 Å². The van der Waals surface area contributed by atoms with E-state index < -0.39 is 0 Å². The largest absolute Gasteiger partial charge is 0.469 e. The highest BCUT2D eigenvalue weighted by Crippen LogP contribution is 2.45. The molecule has 0 saturated heterocycles. The SMILES string of the molecule is COC(=O)CCC/C=C\C[C@H]1[C@H](Cl)CC[C@@H]1c1ccc2c(c1)CCC2O. The van der Waals surface area contributed by atoms with E-state index in [1.165, 1.54) is 18.2 Å². The van der Waals surface area contributed by atoms with E-state index in [1.807, 2.05) is 0 Å². The zero-order chi connectivity index (χ0) is 18.5. The minimum atomic E-state index is -0.285. The lowest BCUT2D eigenvalue weighted by atomic mass is 9.85. The van der Waals surface area contributed by atoms with Gasteiger partial charge in [0.1, 0.15) is 0 Å². The molecule has 4 atom stereocenters. The molecule has 1 unspecified atom stereocenters. The molecule has 0 radical (unpaired) electrons. The molecule has 26 heavy (non-hydrogen) atoms. The van der Waals surface area contributed by atoms with Crippen LogP contribution in [0.5, 0.6) is 0 Å². The first-order valence-electron chi connectivity index (χ1n) is 9.76. The summed E-state index contributed by atoms with van der Waals surface area (Å²) in [6.07, 6.45) is 11.3. The summed E-state index contributed by atoms with van der Waals surface area (Å²) < 4.78 is 4.66. The van der Waals surface area contributed by atoms with E-state index in [4.69, 9.17) is 11.6 Å². The Kier molecular flexibility index (Phi) is 6.77. The maximum absolute atomic E-state index is 11.1. The van der Waals surface area contributed by atoms with Gasteiger partial charge in [-0.25, -0.2) is 0 Å². The van der Waals surface area contributed by atoms with Crippen LogP contribution in [0.3, 0.4) is 0 Å². The fourth-order valence-electron chi connectivity index (χ4n) is 4.43. The van der Waals surface area contributed by atoms with Gasteiger partial charge in [0, 0.05) is 11.8 Å². The number of carbonyl (C=O) groups is 1. The van der Waals surface area contributed by atoms with E-state index >= 15 is 0 Å². The van der Waals surface area contributed by atoms with Gasteiger partial charge in [0.2, 0.25) is 0 Å². The average Bonchev–Trinajstić information content (AvgIpc) is 3.20. The fraction of sp³-hybridized carbons (Fsp3) is 0.591. The van der Waals surface area contributed by atoms with Crippen LogP contribution in [-0.4, -0.2) is 23.6 Å². The van der Waals surface area contributed by atoms with Gasteiger partial charge in [-0.1, -0.05) is 30.4 Å². The molecule has 0 amide bonds. The Morgan fingerprint density at radius 3 is 2.96 bits per heavy atom.